The van der Waals surface area contributed by atoms with E-state index < -0.39 is 6.09 Å². The van der Waals surface area contributed by atoms with Gasteiger partial charge in [0.2, 0.25) is 0 Å². The summed E-state index contributed by atoms with van der Waals surface area (Å²) in [5.41, 5.74) is 0.496. The molecular weight excluding hydrogens is 218 g/mol. The van der Waals surface area contributed by atoms with Gasteiger partial charge in [0.05, 0.1) is 24.4 Å². The van der Waals surface area contributed by atoms with E-state index in [-0.39, 0.29) is 0 Å². The minimum Gasteiger partial charge on any atom is -0.497 e. The summed E-state index contributed by atoms with van der Waals surface area (Å²) in [6, 6.07) is 4.97. The zero-order valence-electron chi connectivity index (χ0n) is 8.54. The van der Waals surface area contributed by atoms with E-state index in [4.69, 9.17) is 21.1 Å². The SMILES string of the molecule is CCOC(=O)Nc1ccc(OC)cc1Cl. The molecular formula is C10H12ClNO3. The van der Waals surface area contributed by atoms with Crippen LogP contribution < -0.4 is 10.1 Å². The molecule has 1 aromatic rings. The van der Waals surface area contributed by atoms with E-state index in [1.54, 1.807) is 32.2 Å². The van der Waals surface area contributed by atoms with Crippen LogP contribution in [0.5, 0.6) is 5.75 Å². The molecule has 1 rings (SSSR count). The number of nitrogens with one attached hydrogen (secondary N) is 1. The molecule has 15 heavy (non-hydrogen) atoms. The van der Waals surface area contributed by atoms with Crippen LogP contribution in [0.25, 0.3) is 0 Å². The molecule has 1 amide bonds. The van der Waals surface area contributed by atoms with Crippen molar-refractivity contribution in [3.63, 3.8) is 0 Å². The number of hydrogen-bond acceptors (Lipinski definition) is 3. The summed E-state index contributed by atoms with van der Waals surface area (Å²) in [5.74, 6) is 0.634. The maximum atomic E-state index is 11.1. The molecule has 0 atom stereocenters. The van der Waals surface area contributed by atoms with Gasteiger partial charge in [-0.05, 0) is 19.1 Å². The first kappa shape index (κ1) is 11.7. The Hall–Kier alpha value is -1.42. The van der Waals surface area contributed by atoms with Crippen LogP contribution in [0.2, 0.25) is 5.02 Å². The molecule has 4 nitrogen and oxygen atoms in total. The third-order valence-electron chi connectivity index (χ3n) is 1.69. The van der Waals surface area contributed by atoms with Crippen molar-refractivity contribution in [1.82, 2.24) is 0 Å². The van der Waals surface area contributed by atoms with Crippen LogP contribution >= 0.6 is 11.6 Å². The lowest BCUT2D eigenvalue weighted by atomic mass is 10.3. The number of methoxy groups -OCH3 is 1. The number of anilines is 1. The fraction of sp³-hybridized carbons (Fsp3) is 0.300. The lowest BCUT2D eigenvalue weighted by molar-refractivity contribution is 0.168. The second kappa shape index (κ2) is 5.46. The molecule has 0 saturated heterocycles. The summed E-state index contributed by atoms with van der Waals surface area (Å²) in [6.07, 6.45) is -0.524. The molecule has 0 bridgehead atoms. The van der Waals surface area contributed by atoms with Crippen LogP contribution in [0.3, 0.4) is 0 Å². The average molecular weight is 230 g/mol. The molecule has 0 heterocycles. The predicted molar refractivity (Wildman–Crippen MR) is 58.6 cm³/mol. The van der Waals surface area contributed by atoms with Gasteiger partial charge in [-0.3, -0.25) is 5.32 Å². The Morgan fingerprint density at radius 3 is 2.80 bits per heavy atom. The number of hydrogen-bond donors (Lipinski definition) is 1. The van der Waals surface area contributed by atoms with Gasteiger partial charge in [-0.25, -0.2) is 4.79 Å². The van der Waals surface area contributed by atoms with Crippen LogP contribution in [0, 0.1) is 0 Å². The van der Waals surface area contributed by atoms with Gasteiger partial charge in [-0.15, -0.1) is 0 Å². The summed E-state index contributed by atoms with van der Waals surface area (Å²) in [7, 11) is 1.55. The van der Waals surface area contributed by atoms with Gasteiger partial charge < -0.3 is 9.47 Å². The monoisotopic (exact) mass is 229 g/mol. The first-order valence-electron chi connectivity index (χ1n) is 4.44. The Morgan fingerprint density at radius 1 is 1.53 bits per heavy atom. The number of amides is 1. The molecule has 82 valence electrons. The Balaban J connectivity index is 2.73. The Kier molecular flexibility index (Phi) is 4.24. The van der Waals surface area contributed by atoms with Crippen molar-refractivity contribution in [3.05, 3.63) is 23.2 Å². The van der Waals surface area contributed by atoms with Crippen molar-refractivity contribution in [2.45, 2.75) is 6.92 Å². The second-order valence-electron chi connectivity index (χ2n) is 2.69. The summed E-state index contributed by atoms with van der Waals surface area (Å²) < 4.78 is 9.69. The normalized spacial score (nSPS) is 9.53. The molecule has 0 aromatic heterocycles. The third kappa shape index (κ3) is 3.32. The minimum atomic E-state index is -0.524. The molecule has 0 fully saturated rings. The number of ether oxygens (including phenoxy) is 2. The van der Waals surface area contributed by atoms with E-state index >= 15 is 0 Å². The summed E-state index contributed by atoms with van der Waals surface area (Å²) in [6.45, 7) is 2.05. The topological polar surface area (TPSA) is 47.6 Å². The highest BCUT2D eigenvalue weighted by Gasteiger charge is 2.06. The standard InChI is InChI=1S/C10H12ClNO3/c1-3-15-10(13)12-9-5-4-7(14-2)6-8(9)11/h4-6H,3H2,1-2H3,(H,12,13). The average Bonchev–Trinajstić information content (AvgIpc) is 2.21. The second-order valence-corrected chi connectivity index (χ2v) is 3.10. The van der Waals surface area contributed by atoms with Crippen LogP contribution in [0.1, 0.15) is 6.92 Å². The number of rotatable bonds is 3. The minimum absolute atomic E-state index is 0.319. The van der Waals surface area contributed by atoms with Crippen LogP contribution in [0.15, 0.2) is 18.2 Å². The quantitative estimate of drug-likeness (QED) is 0.867. The Morgan fingerprint density at radius 2 is 2.27 bits per heavy atom. The van der Waals surface area contributed by atoms with Crippen molar-refractivity contribution in [2.24, 2.45) is 0 Å². The largest absolute Gasteiger partial charge is 0.497 e. The van der Waals surface area contributed by atoms with Crippen molar-refractivity contribution in [3.8, 4) is 5.75 Å². The maximum absolute atomic E-state index is 11.1. The van der Waals surface area contributed by atoms with Gasteiger partial charge in [0.25, 0.3) is 0 Å². The highest BCUT2D eigenvalue weighted by atomic mass is 35.5. The number of benzene rings is 1. The maximum Gasteiger partial charge on any atom is 0.411 e. The van der Waals surface area contributed by atoms with Gasteiger partial charge in [0, 0.05) is 6.07 Å². The molecule has 5 heteroatoms. The van der Waals surface area contributed by atoms with E-state index in [9.17, 15) is 4.79 Å². The van der Waals surface area contributed by atoms with Crippen molar-refractivity contribution < 1.29 is 14.3 Å². The lowest BCUT2D eigenvalue weighted by Gasteiger charge is -2.08. The van der Waals surface area contributed by atoms with Gasteiger partial charge in [-0.1, -0.05) is 11.6 Å². The fourth-order valence-corrected chi connectivity index (χ4v) is 1.22. The van der Waals surface area contributed by atoms with E-state index in [1.807, 2.05) is 0 Å². The Bertz CT molecular complexity index is 355. The van der Waals surface area contributed by atoms with E-state index in [0.717, 1.165) is 0 Å². The zero-order chi connectivity index (χ0) is 11.3. The van der Waals surface area contributed by atoms with Gasteiger partial charge in [-0.2, -0.15) is 0 Å². The smallest absolute Gasteiger partial charge is 0.411 e. The molecule has 0 aliphatic rings. The van der Waals surface area contributed by atoms with Gasteiger partial charge >= 0.3 is 6.09 Å². The number of halogens is 1. The summed E-state index contributed by atoms with van der Waals surface area (Å²) in [4.78, 5) is 11.1. The van der Waals surface area contributed by atoms with E-state index in [1.165, 1.54) is 0 Å². The van der Waals surface area contributed by atoms with Crippen molar-refractivity contribution in [2.75, 3.05) is 19.0 Å². The van der Waals surface area contributed by atoms with Gasteiger partial charge in [0.15, 0.2) is 0 Å². The van der Waals surface area contributed by atoms with Gasteiger partial charge in [0.1, 0.15) is 5.75 Å². The van der Waals surface area contributed by atoms with Crippen LogP contribution in [-0.2, 0) is 4.74 Å². The summed E-state index contributed by atoms with van der Waals surface area (Å²) in [5, 5.41) is 2.92. The Labute approximate surface area is 93.1 Å². The molecule has 1 aromatic carbocycles. The molecule has 1 N–H and O–H groups in total. The fourth-order valence-electron chi connectivity index (χ4n) is 1.00. The molecule has 0 aliphatic carbocycles. The summed E-state index contributed by atoms with van der Waals surface area (Å²) >= 11 is 5.90. The first-order chi connectivity index (χ1) is 7.17. The molecule has 0 aliphatic heterocycles. The highest BCUT2D eigenvalue weighted by Crippen LogP contribution is 2.26. The predicted octanol–water partition coefficient (Wildman–Crippen LogP) is 2.92. The molecule has 0 unspecified atom stereocenters. The lowest BCUT2D eigenvalue weighted by Crippen LogP contribution is -2.13. The van der Waals surface area contributed by atoms with E-state index in [0.29, 0.717) is 23.1 Å². The first-order valence-corrected chi connectivity index (χ1v) is 4.82. The zero-order valence-corrected chi connectivity index (χ0v) is 9.30. The van der Waals surface area contributed by atoms with Crippen LogP contribution in [-0.4, -0.2) is 19.8 Å². The number of carbonyl (C=O) groups is 1. The molecule has 0 radical (unpaired) electrons. The highest BCUT2D eigenvalue weighted by molar-refractivity contribution is 6.33. The van der Waals surface area contributed by atoms with E-state index in [2.05, 4.69) is 5.32 Å². The third-order valence-corrected chi connectivity index (χ3v) is 2.00. The molecule has 0 spiro atoms. The molecule has 0 saturated carbocycles. The number of carbonyl (C=O) groups excluding carboxylic acids is 1. The van der Waals surface area contributed by atoms with Crippen LogP contribution in [0.4, 0.5) is 10.5 Å². The van der Waals surface area contributed by atoms with Crippen molar-refractivity contribution in [1.29, 1.82) is 0 Å². The van der Waals surface area contributed by atoms with Crippen molar-refractivity contribution >= 4 is 23.4 Å².